The number of carboxylic acid groups (broad SMARTS) is 1. The van der Waals surface area contributed by atoms with Crippen molar-refractivity contribution < 1.29 is 28.2 Å². The number of benzene rings is 1. The molecule has 9 heteroatoms. The van der Waals surface area contributed by atoms with Gasteiger partial charge in [0.1, 0.15) is 14.5 Å². The predicted molar refractivity (Wildman–Crippen MR) is 108 cm³/mol. The number of hydrogen-bond acceptors (Lipinski definition) is 5. The van der Waals surface area contributed by atoms with Crippen LogP contribution in [-0.2, 0) is 29.6 Å². The van der Waals surface area contributed by atoms with Crippen LogP contribution in [0.25, 0.3) is 0 Å². The Labute approximate surface area is 165 Å². The number of carboxylic acids is 1. The van der Waals surface area contributed by atoms with Crippen LogP contribution in [0.15, 0.2) is 24.3 Å². The van der Waals surface area contributed by atoms with Crippen molar-refractivity contribution in [1.82, 2.24) is 0 Å². The SMILES string of the molecule is O=C(O)CCCCCCC(=O)Nc1ccccc1OCCCCS(=O)(O)=S. The second-order valence-corrected chi connectivity index (χ2v) is 9.33. The van der Waals surface area contributed by atoms with Crippen LogP contribution >= 0.6 is 0 Å². The number of ether oxygens (including phenoxy) is 1. The maximum atomic E-state index is 12.1. The molecule has 152 valence electrons. The third-order valence-electron chi connectivity index (χ3n) is 3.76. The zero-order valence-electron chi connectivity index (χ0n) is 15.2. The summed E-state index contributed by atoms with van der Waals surface area (Å²) in [6, 6.07) is 7.11. The van der Waals surface area contributed by atoms with Crippen LogP contribution in [0.1, 0.15) is 51.4 Å². The molecule has 0 saturated carbocycles. The zero-order chi connectivity index (χ0) is 20.1. The molecule has 0 heterocycles. The first-order valence-corrected chi connectivity index (χ1v) is 11.6. The molecule has 7 nitrogen and oxygen atoms in total. The summed E-state index contributed by atoms with van der Waals surface area (Å²) in [5.74, 6) is -0.291. The van der Waals surface area contributed by atoms with Crippen molar-refractivity contribution in [3.05, 3.63) is 24.3 Å². The molecule has 0 aromatic heterocycles. The van der Waals surface area contributed by atoms with Gasteiger partial charge in [0.25, 0.3) is 0 Å². The molecule has 0 aliphatic heterocycles. The second-order valence-electron chi connectivity index (χ2n) is 6.19. The molecular formula is C18H27NO6S2. The third kappa shape index (κ3) is 12.3. The molecule has 0 radical (unpaired) electrons. The molecule has 1 rings (SSSR count). The van der Waals surface area contributed by atoms with E-state index >= 15 is 0 Å². The second kappa shape index (κ2) is 12.6. The Balaban J connectivity index is 2.31. The van der Waals surface area contributed by atoms with Crippen LogP contribution in [0.4, 0.5) is 5.69 Å². The minimum absolute atomic E-state index is 0.0660. The van der Waals surface area contributed by atoms with Gasteiger partial charge in [-0.15, -0.1) is 0 Å². The quantitative estimate of drug-likeness (QED) is 0.397. The van der Waals surface area contributed by atoms with Crippen molar-refractivity contribution >= 4 is 37.5 Å². The third-order valence-corrected chi connectivity index (χ3v) is 5.06. The molecule has 1 aromatic rings. The molecular weight excluding hydrogens is 390 g/mol. The van der Waals surface area contributed by atoms with E-state index < -0.39 is 14.7 Å². The number of nitrogens with one attached hydrogen (secondary N) is 1. The van der Waals surface area contributed by atoms with Gasteiger partial charge < -0.3 is 19.7 Å². The highest BCUT2D eigenvalue weighted by Crippen LogP contribution is 2.24. The lowest BCUT2D eigenvalue weighted by atomic mass is 10.1. The summed E-state index contributed by atoms with van der Waals surface area (Å²) in [6.45, 7) is 0.362. The first kappa shape index (κ1) is 23.3. The number of rotatable bonds is 14. The van der Waals surface area contributed by atoms with Crippen molar-refractivity contribution in [2.45, 2.75) is 51.4 Å². The van der Waals surface area contributed by atoms with E-state index in [1.807, 2.05) is 0 Å². The number of carbonyl (C=O) groups excluding carboxylic acids is 1. The van der Waals surface area contributed by atoms with E-state index in [-0.39, 0.29) is 18.1 Å². The van der Waals surface area contributed by atoms with E-state index in [1.54, 1.807) is 24.3 Å². The summed E-state index contributed by atoms with van der Waals surface area (Å²) in [5.41, 5.74) is 0.586. The number of hydrogen-bond donors (Lipinski definition) is 3. The fourth-order valence-electron chi connectivity index (χ4n) is 2.39. The monoisotopic (exact) mass is 417 g/mol. The van der Waals surface area contributed by atoms with E-state index in [1.165, 1.54) is 0 Å². The summed E-state index contributed by atoms with van der Waals surface area (Å²) in [6.07, 6.45) is 4.56. The van der Waals surface area contributed by atoms with Gasteiger partial charge in [-0.2, -0.15) is 0 Å². The maximum absolute atomic E-state index is 12.1. The number of para-hydroxylation sites is 2. The highest BCUT2D eigenvalue weighted by molar-refractivity contribution is 8.29. The number of anilines is 1. The average Bonchev–Trinajstić information content (AvgIpc) is 2.58. The van der Waals surface area contributed by atoms with Gasteiger partial charge in [-0.3, -0.25) is 9.59 Å². The lowest BCUT2D eigenvalue weighted by Gasteiger charge is -2.12. The largest absolute Gasteiger partial charge is 0.491 e. The summed E-state index contributed by atoms with van der Waals surface area (Å²) < 4.78 is 25.7. The molecule has 0 fully saturated rings. The Morgan fingerprint density at radius 1 is 1.04 bits per heavy atom. The Bertz CT molecular complexity index is 706. The van der Waals surface area contributed by atoms with Crippen molar-refractivity contribution in [2.75, 3.05) is 17.7 Å². The van der Waals surface area contributed by atoms with Gasteiger partial charge in [0, 0.05) is 29.8 Å². The Morgan fingerprint density at radius 2 is 1.70 bits per heavy atom. The van der Waals surface area contributed by atoms with Crippen molar-refractivity contribution in [2.24, 2.45) is 0 Å². The summed E-state index contributed by atoms with van der Waals surface area (Å²) in [4.78, 5) is 22.5. The molecule has 1 amide bonds. The normalized spacial score (nSPS) is 12.9. The number of unbranched alkanes of at least 4 members (excludes halogenated alkanes) is 4. The molecule has 3 N–H and O–H groups in total. The van der Waals surface area contributed by atoms with Gasteiger partial charge in [0.2, 0.25) is 5.91 Å². The van der Waals surface area contributed by atoms with Crippen molar-refractivity contribution in [3.63, 3.8) is 0 Å². The number of aliphatic carboxylic acids is 1. The highest BCUT2D eigenvalue weighted by atomic mass is 32.8. The Kier molecular flexibility index (Phi) is 10.9. The van der Waals surface area contributed by atoms with Crippen LogP contribution < -0.4 is 10.1 Å². The molecule has 1 aromatic carbocycles. The number of amides is 1. The minimum Gasteiger partial charge on any atom is -0.491 e. The molecule has 1 unspecified atom stereocenters. The fraction of sp³-hybridized carbons (Fsp3) is 0.556. The van der Waals surface area contributed by atoms with E-state index in [0.29, 0.717) is 50.1 Å². The van der Waals surface area contributed by atoms with Crippen LogP contribution in [-0.4, -0.2) is 38.1 Å². The first-order chi connectivity index (χ1) is 12.8. The molecule has 0 saturated heterocycles. The van der Waals surface area contributed by atoms with Crippen LogP contribution in [0, 0.1) is 0 Å². The molecule has 27 heavy (non-hydrogen) atoms. The standard InChI is InChI=1S/C18H27NO6S2/c20-17(11-3-1-2-4-12-18(21)22)19-15-9-5-6-10-16(15)25-13-7-8-14-27(23,24)26/h5-6,9-10H,1-4,7-8,11-14H2,(H,19,20)(H,21,22)(H,23,24,26). The van der Waals surface area contributed by atoms with Crippen molar-refractivity contribution in [3.8, 4) is 5.75 Å². The lowest BCUT2D eigenvalue weighted by Crippen LogP contribution is -2.12. The highest BCUT2D eigenvalue weighted by Gasteiger charge is 2.08. The Hall–Kier alpha value is -1.71. The van der Waals surface area contributed by atoms with Gasteiger partial charge in [-0.05, 0) is 37.8 Å². The van der Waals surface area contributed by atoms with Gasteiger partial charge in [-0.25, -0.2) is 4.21 Å². The lowest BCUT2D eigenvalue weighted by molar-refractivity contribution is -0.137. The van der Waals surface area contributed by atoms with Gasteiger partial charge in [0.05, 0.1) is 12.3 Å². The smallest absolute Gasteiger partial charge is 0.303 e. The topological polar surface area (TPSA) is 113 Å². The number of carbonyl (C=O) groups is 2. The van der Waals surface area contributed by atoms with E-state index in [0.717, 1.165) is 12.8 Å². The molecule has 0 spiro atoms. The molecule has 0 aliphatic carbocycles. The van der Waals surface area contributed by atoms with Crippen molar-refractivity contribution in [1.29, 1.82) is 0 Å². The maximum Gasteiger partial charge on any atom is 0.303 e. The first-order valence-electron chi connectivity index (χ1n) is 8.96. The molecule has 0 bridgehead atoms. The molecule has 1 atom stereocenters. The summed E-state index contributed by atoms with van der Waals surface area (Å²) in [5, 5.41) is 11.4. The molecule has 0 aliphatic rings. The summed E-state index contributed by atoms with van der Waals surface area (Å²) in [7, 11) is -3.12. The van der Waals surface area contributed by atoms with Gasteiger partial charge in [-0.1, -0.05) is 25.0 Å². The minimum atomic E-state index is -3.12. The van der Waals surface area contributed by atoms with E-state index in [4.69, 9.17) is 14.4 Å². The van der Waals surface area contributed by atoms with Crippen LogP contribution in [0.2, 0.25) is 0 Å². The van der Waals surface area contributed by atoms with Crippen LogP contribution in [0.3, 0.4) is 0 Å². The fourth-order valence-corrected chi connectivity index (χ4v) is 3.31. The Morgan fingerprint density at radius 3 is 2.37 bits per heavy atom. The zero-order valence-corrected chi connectivity index (χ0v) is 16.9. The van der Waals surface area contributed by atoms with Gasteiger partial charge in [0.15, 0.2) is 0 Å². The average molecular weight is 418 g/mol. The van der Waals surface area contributed by atoms with Crippen LogP contribution in [0.5, 0.6) is 5.75 Å². The van der Waals surface area contributed by atoms with E-state index in [2.05, 4.69) is 16.5 Å². The summed E-state index contributed by atoms with van der Waals surface area (Å²) >= 11 is 4.43. The van der Waals surface area contributed by atoms with Gasteiger partial charge >= 0.3 is 5.97 Å². The van der Waals surface area contributed by atoms with E-state index in [9.17, 15) is 13.8 Å². The predicted octanol–water partition coefficient (Wildman–Crippen LogP) is 3.43.